The number of ketones is 1. The number of aliphatic carboxylic acids is 1. The van der Waals surface area contributed by atoms with Crippen LogP contribution in [-0.2, 0) is 16.2 Å². The number of hydrogen-bond acceptors (Lipinski definition) is 3. The van der Waals surface area contributed by atoms with Gasteiger partial charge in [0.1, 0.15) is 24.6 Å². The minimum Gasteiger partial charge on any atom is -0.489 e. The van der Waals surface area contributed by atoms with E-state index in [1.54, 1.807) is 0 Å². The van der Waals surface area contributed by atoms with Gasteiger partial charge in [-0.25, -0.2) is 0 Å². The SMILES string of the molecule is CC(=O)CC(=O)O.c1cc2ccc1CO2. The van der Waals surface area contributed by atoms with Gasteiger partial charge in [-0.2, -0.15) is 0 Å². The third-order valence-corrected chi connectivity index (χ3v) is 1.73. The van der Waals surface area contributed by atoms with Gasteiger partial charge in [0, 0.05) is 0 Å². The van der Waals surface area contributed by atoms with Crippen LogP contribution in [0.2, 0.25) is 0 Å². The average Bonchev–Trinajstić information content (AvgIpc) is 2.19. The Hall–Kier alpha value is -1.84. The largest absolute Gasteiger partial charge is 0.489 e. The summed E-state index contributed by atoms with van der Waals surface area (Å²) in [5.74, 6) is -0.389. The van der Waals surface area contributed by atoms with Crippen molar-refractivity contribution in [1.29, 1.82) is 0 Å². The van der Waals surface area contributed by atoms with E-state index in [0.717, 1.165) is 12.4 Å². The van der Waals surface area contributed by atoms with Crippen molar-refractivity contribution >= 4 is 11.8 Å². The van der Waals surface area contributed by atoms with Gasteiger partial charge in [-0.3, -0.25) is 9.59 Å². The van der Waals surface area contributed by atoms with Crippen LogP contribution in [0, 0.1) is 0 Å². The molecule has 4 heteroatoms. The number of carboxylic acids is 1. The number of carboxylic acid groups (broad SMARTS) is 1. The standard InChI is InChI=1S/C7H6O.C4H6O3/c1-3-7-4-2-6(1)5-8-7;1-3(5)2-4(6)7/h1-4H,5H2;2H2,1H3,(H,6,7). The van der Waals surface area contributed by atoms with Crippen LogP contribution in [0.15, 0.2) is 24.3 Å². The van der Waals surface area contributed by atoms with E-state index in [1.165, 1.54) is 12.5 Å². The molecule has 80 valence electrons. The minimum absolute atomic E-state index is 0.312. The Bertz CT molecular complexity index is 318. The number of carbonyl (C=O) groups is 2. The second-order valence-corrected chi connectivity index (χ2v) is 3.21. The van der Waals surface area contributed by atoms with Crippen LogP contribution >= 0.6 is 0 Å². The lowest BCUT2D eigenvalue weighted by Gasteiger charge is -2.11. The third-order valence-electron chi connectivity index (χ3n) is 1.73. The van der Waals surface area contributed by atoms with Gasteiger partial charge >= 0.3 is 5.97 Å². The van der Waals surface area contributed by atoms with Crippen molar-refractivity contribution in [2.75, 3.05) is 0 Å². The monoisotopic (exact) mass is 208 g/mol. The number of carbonyl (C=O) groups excluding carboxylic acids is 1. The van der Waals surface area contributed by atoms with Gasteiger partial charge in [0.15, 0.2) is 0 Å². The van der Waals surface area contributed by atoms with Gasteiger partial charge in [-0.05, 0) is 24.6 Å². The van der Waals surface area contributed by atoms with Crippen molar-refractivity contribution in [1.82, 2.24) is 0 Å². The molecule has 2 aliphatic rings. The molecule has 0 amide bonds. The number of fused-ring (bicyclic) bond motifs is 3. The summed E-state index contributed by atoms with van der Waals surface area (Å²) in [6.07, 6.45) is -0.361. The number of benzene rings is 1. The molecule has 0 aliphatic carbocycles. The van der Waals surface area contributed by atoms with Crippen LogP contribution in [0.5, 0.6) is 5.75 Å². The van der Waals surface area contributed by atoms with Crippen molar-refractivity contribution in [2.45, 2.75) is 20.0 Å². The molecule has 4 nitrogen and oxygen atoms in total. The van der Waals surface area contributed by atoms with Crippen LogP contribution in [0.4, 0.5) is 0 Å². The van der Waals surface area contributed by atoms with Gasteiger partial charge in [-0.1, -0.05) is 12.1 Å². The van der Waals surface area contributed by atoms with E-state index in [1.807, 2.05) is 12.1 Å². The maximum atomic E-state index is 9.87. The molecule has 2 heterocycles. The van der Waals surface area contributed by atoms with E-state index >= 15 is 0 Å². The van der Waals surface area contributed by atoms with Crippen molar-refractivity contribution in [2.24, 2.45) is 0 Å². The van der Waals surface area contributed by atoms with E-state index in [0.29, 0.717) is 0 Å². The molecule has 15 heavy (non-hydrogen) atoms. The van der Waals surface area contributed by atoms with E-state index in [4.69, 9.17) is 9.84 Å². The van der Waals surface area contributed by atoms with Crippen molar-refractivity contribution in [3.8, 4) is 5.75 Å². The van der Waals surface area contributed by atoms with Crippen molar-refractivity contribution in [3.05, 3.63) is 29.8 Å². The second kappa shape index (κ2) is 5.14. The zero-order chi connectivity index (χ0) is 11.3. The quantitative estimate of drug-likeness (QED) is 0.750. The highest BCUT2D eigenvalue weighted by molar-refractivity contribution is 5.93. The Kier molecular flexibility index (Phi) is 3.85. The first-order chi connectivity index (χ1) is 7.08. The highest BCUT2D eigenvalue weighted by atomic mass is 16.5. The summed E-state index contributed by atoms with van der Waals surface area (Å²) in [4.78, 5) is 19.5. The molecule has 3 rings (SSSR count). The Morgan fingerprint density at radius 2 is 1.93 bits per heavy atom. The lowest BCUT2D eigenvalue weighted by Crippen LogP contribution is -2.00. The molecule has 1 N–H and O–H groups in total. The first-order valence-corrected chi connectivity index (χ1v) is 4.51. The summed E-state index contributed by atoms with van der Waals surface area (Å²) >= 11 is 0. The van der Waals surface area contributed by atoms with E-state index in [9.17, 15) is 9.59 Å². The molecule has 1 aromatic rings. The van der Waals surface area contributed by atoms with Crippen LogP contribution in [-0.4, -0.2) is 16.9 Å². The molecule has 0 atom stereocenters. The maximum absolute atomic E-state index is 9.87. The first kappa shape index (κ1) is 11.2. The number of ether oxygens (including phenoxy) is 1. The Labute approximate surface area is 87.5 Å². The highest BCUT2D eigenvalue weighted by Crippen LogP contribution is 2.19. The molecule has 0 saturated heterocycles. The molecule has 0 spiro atoms. The minimum atomic E-state index is -1.06. The number of rotatable bonds is 2. The fourth-order valence-corrected chi connectivity index (χ4v) is 1.06. The Morgan fingerprint density at radius 3 is 2.00 bits per heavy atom. The Morgan fingerprint density at radius 1 is 1.33 bits per heavy atom. The van der Waals surface area contributed by atoms with Gasteiger partial charge in [0.05, 0.1) is 0 Å². The second-order valence-electron chi connectivity index (χ2n) is 3.21. The maximum Gasteiger partial charge on any atom is 0.310 e. The van der Waals surface area contributed by atoms with Gasteiger partial charge in [0.25, 0.3) is 0 Å². The molecule has 2 bridgehead atoms. The zero-order valence-corrected chi connectivity index (χ0v) is 8.40. The van der Waals surface area contributed by atoms with E-state index < -0.39 is 5.97 Å². The number of hydrogen-bond donors (Lipinski definition) is 1. The molecule has 0 saturated carbocycles. The summed E-state index contributed by atoms with van der Waals surface area (Å²) in [6, 6.07) is 8.13. The summed E-state index contributed by atoms with van der Waals surface area (Å²) in [5.41, 5.74) is 1.26. The fraction of sp³-hybridized carbons (Fsp3) is 0.273. The zero-order valence-electron chi connectivity index (χ0n) is 8.40. The number of Topliss-reactive ketones (excluding diaryl/α,β-unsaturated/α-hetero) is 1. The lowest BCUT2D eigenvalue weighted by molar-refractivity contribution is -0.139. The summed E-state index contributed by atoms with van der Waals surface area (Å²) in [5, 5.41) is 7.86. The van der Waals surface area contributed by atoms with E-state index in [-0.39, 0.29) is 12.2 Å². The summed E-state index contributed by atoms with van der Waals surface area (Å²) in [6.45, 7) is 2.01. The molecule has 2 aliphatic heterocycles. The van der Waals surface area contributed by atoms with Gasteiger partial charge < -0.3 is 9.84 Å². The van der Waals surface area contributed by atoms with Gasteiger partial charge in [-0.15, -0.1) is 0 Å². The molecule has 0 unspecified atom stereocenters. The van der Waals surface area contributed by atoms with Gasteiger partial charge in [0.2, 0.25) is 0 Å². The predicted octanol–water partition coefficient (Wildman–Crippen LogP) is 1.63. The average molecular weight is 208 g/mol. The molecule has 0 aromatic heterocycles. The molecular weight excluding hydrogens is 196 g/mol. The van der Waals surface area contributed by atoms with Crippen molar-refractivity contribution < 1.29 is 19.4 Å². The molecular formula is C11H12O4. The lowest BCUT2D eigenvalue weighted by atomic mass is 10.2. The van der Waals surface area contributed by atoms with Crippen molar-refractivity contribution in [3.63, 3.8) is 0 Å². The topological polar surface area (TPSA) is 63.6 Å². The summed E-state index contributed by atoms with van der Waals surface area (Å²) in [7, 11) is 0. The fourth-order valence-electron chi connectivity index (χ4n) is 1.06. The highest BCUT2D eigenvalue weighted by Gasteiger charge is 2.01. The smallest absolute Gasteiger partial charge is 0.310 e. The van der Waals surface area contributed by atoms with Crippen LogP contribution in [0.25, 0.3) is 0 Å². The summed E-state index contributed by atoms with van der Waals surface area (Å²) < 4.78 is 5.18. The predicted molar refractivity (Wildman–Crippen MR) is 53.7 cm³/mol. The van der Waals surface area contributed by atoms with Crippen LogP contribution < -0.4 is 4.74 Å². The van der Waals surface area contributed by atoms with Crippen LogP contribution in [0.3, 0.4) is 0 Å². The molecule has 0 fully saturated rings. The Balaban J connectivity index is 0.000000153. The van der Waals surface area contributed by atoms with Crippen LogP contribution in [0.1, 0.15) is 18.9 Å². The normalized spacial score (nSPS) is 11.0. The molecule has 0 radical (unpaired) electrons. The third kappa shape index (κ3) is 4.26. The molecule has 1 aromatic carbocycles. The van der Waals surface area contributed by atoms with E-state index in [2.05, 4.69) is 12.1 Å². The first-order valence-electron chi connectivity index (χ1n) is 4.51.